The highest BCUT2D eigenvalue weighted by molar-refractivity contribution is 7.89. The van der Waals surface area contributed by atoms with Gasteiger partial charge in [-0.3, -0.25) is 0 Å². The van der Waals surface area contributed by atoms with Gasteiger partial charge in [0.2, 0.25) is 21.9 Å². The summed E-state index contributed by atoms with van der Waals surface area (Å²) in [6.45, 7) is 4.73. The molecule has 3 aromatic rings. The van der Waals surface area contributed by atoms with Crippen LogP contribution in [0.2, 0.25) is 5.02 Å². The number of aromatic nitrogens is 1. The Labute approximate surface area is 218 Å². The molecule has 3 N–H and O–H groups in total. The molecular formula is C24H26ClN5O4S2. The Bertz CT molecular complexity index is 1470. The van der Waals surface area contributed by atoms with Crippen LogP contribution in [0.15, 0.2) is 39.7 Å². The maximum Gasteiger partial charge on any atom is 0.239 e. The predicted octanol–water partition coefficient (Wildman–Crippen LogP) is 4.01. The molecule has 2 aliphatic heterocycles. The minimum Gasteiger partial charge on any atom is -0.435 e. The number of benzene rings is 1. The maximum atomic E-state index is 12.6. The lowest BCUT2D eigenvalue weighted by Crippen LogP contribution is -2.50. The number of ether oxygens (including phenoxy) is 1. The highest BCUT2D eigenvalue weighted by atomic mass is 35.5. The zero-order valence-electron chi connectivity index (χ0n) is 20.0. The number of aryl methyl sites for hydroxylation is 1. The molecule has 1 atom stereocenters. The van der Waals surface area contributed by atoms with E-state index < -0.39 is 15.6 Å². The summed E-state index contributed by atoms with van der Waals surface area (Å²) < 4.78 is 37.8. The molecule has 0 spiro atoms. The first-order valence-electron chi connectivity index (χ1n) is 11.3. The summed E-state index contributed by atoms with van der Waals surface area (Å²) in [5.74, 6) is 0.740. The van der Waals surface area contributed by atoms with Crippen molar-refractivity contribution < 1.29 is 17.6 Å². The monoisotopic (exact) mass is 547 g/mol. The van der Waals surface area contributed by atoms with Crippen molar-refractivity contribution in [2.24, 2.45) is 10.7 Å². The molecule has 1 unspecified atom stereocenters. The highest BCUT2D eigenvalue weighted by Crippen LogP contribution is 2.45. The number of aliphatic imine (C=N–C) groups is 1. The van der Waals surface area contributed by atoms with Crippen LogP contribution in [0.5, 0.6) is 0 Å². The number of nitrogens with two attached hydrogens (primary N) is 1. The first-order valence-corrected chi connectivity index (χ1v) is 14.1. The third-order valence-electron chi connectivity index (χ3n) is 6.70. The van der Waals surface area contributed by atoms with E-state index in [9.17, 15) is 8.42 Å². The number of hydrogen-bond donors (Lipinski definition) is 2. The van der Waals surface area contributed by atoms with Crippen molar-refractivity contribution in [3.63, 3.8) is 0 Å². The molecule has 190 valence electrons. The van der Waals surface area contributed by atoms with Gasteiger partial charge in [0.15, 0.2) is 5.76 Å². The third-order valence-corrected chi connectivity index (χ3v) is 10.4. The molecule has 2 aliphatic rings. The normalized spacial score (nSPS) is 22.7. The first-order chi connectivity index (χ1) is 17.0. The summed E-state index contributed by atoms with van der Waals surface area (Å²) in [5.41, 5.74) is 7.14. The van der Waals surface area contributed by atoms with E-state index in [-0.39, 0.29) is 17.1 Å². The van der Waals surface area contributed by atoms with Crippen LogP contribution in [0, 0.1) is 5.41 Å². The Hall–Kier alpha value is -2.73. The smallest absolute Gasteiger partial charge is 0.239 e. The zero-order chi connectivity index (χ0) is 25.9. The van der Waals surface area contributed by atoms with Crippen LogP contribution in [-0.4, -0.2) is 55.9 Å². The number of guanidine groups is 1. The summed E-state index contributed by atoms with van der Waals surface area (Å²) >= 11 is 7.88. The molecule has 4 heterocycles. The van der Waals surface area contributed by atoms with Gasteiger partial charge < -0.3 is 20.3 Å². The van der Waals surface area contributed by atoms with E-state index >= 15 is 0 Å². The molecule has 1 fully saturated rings. The average Bonchev–Trinajstić information content (AvgIpc) is 3.41. The summed E-state index contributed by atoms with van der Waals surface area (Å²) in [6.07, 6.45) is 2.11. The molecular weight excluding hydrogens is 522 g/mol. The van der Waals surface area contributed by atoms with Gasteiger partial charge in [0, 0.05) is 18.8 Å². The van der Waals surface area contributed by atoms with Crippen LogP contribution in [0.25, 0.3) is 22.1 Å². The van der Waals surface area contributed by atoms with Crippen LogP contribution >= 0.6 is 22.9 Å². The van der Waals surface area contributed by atoms with Crippen LogP contribution in [0.4, 0.5) is 0 Å². The number of thiophene rings is 1. The fraction of sp³-hybridized carbons (Fsp3) is 0.375. The second-order valence-corrected chi connectivity index (χ2v) is 12.7. The molecule has 0 saturated carbocycles. The first kappa shape index (κ1) is 24.9. The van der Waals surface area contributed by atoms with Crippen molar-refractivity contribution in [2.75, 3.05) is 26.0 Å². The largest absolute Gasteiger partial charge is 0.435 e. The highest BCUT2D eigenvalue weighted by Gasteiger charge is 2.43. The lowest BCUT2D eigenvalue weighted by molar-refractivity contribution is -0.0210. The lowest BCUT2D eigenvalue weighted by atomic mass is 9.79. The van der Waals surface area contributed by atoms with Gasteiger partial charge in [-0.05, 0) is 25.0 Å². The molecule has 0 amide bonds. The van der Waals surface area contributed by atoms with E-state index in [0.717, 1.165) is 21.1 Å². The minimum atomic E-state index is -3.63. The quantitative estimate of drug-likeness (QED) is 0.448. The fourth-order valence-corrected chi connectivity index (χ4v) is 7.53. The number of rotatable bonds is 6. The number of nitrogens with one attached hydrogen (secondary N) is 1. The van der Waals surface area contributed by atoms with Gasteiger partial charge in [-0.25, -0.2) is 22.7 Å². The van der Waals surface area contributed by atoms with E-state index in [0.29, 0.717) is 46.1 Å². The van der Waals surface area contributed by atoms with Crippen LogP contribution < -0.4 is 5.73 Å². The number of nitrogens with zero attached hydrogens (tertiary/aromatic N) is 3. The van der Waals surface area contributed by atoms with E-state index in [4.69, 9.17) is 36.9 Å². The Morgan fingerprint density at radius 1 is 1.31 bits per heavy atom. The number of hydrogen-bond acceptors (Lipinski definition) is 9. The Kier molecular flexibility index (Phi) is 6.02. The molecule has 5 rings (SSSR count). The van der Waals surface area contributed by atoms with E-state index in [1.807, 2.05) is 31.2 Å². The number of halogens is 1. The van der Waals surface area contributed by atoms with Gasteiger partial charge in [0.1, 0.15) is 5.54 Å². The van der Waals surface area contributed by atoms with Gasteiger partial charge in [0.05, 0.1) is 44.9 Å². The van der Waals surface area contributed by atoms with Gasteiger partial charge >= 0.3 is 0 Å². The second kappa shape index (κ2) is 8.69. The van der Waals surface area contributed by atoms with Gasteiger partial charge in [-0.2, -0.15) is 0 Å². The summed E-state index contributed by atoms with van der Waals surface area (Å²) in [6, 6.07) is 9.66. The van der Waals surface area contributed by atoms with Gasteiger partial charge in [0.25, 0.3) is 0 Å². The van der Waals surface area contributed by atoms with Crippen LogP contribution in [-0.2, 0) is 32.1 Å². The summed E-state index contributed by atoms with van der Waals surface area (Å²) in [4.78, 5) is 10.4. The average molecular weight is 548 g/mol. The van der Waals surface area contributed by atoms with Crippen molar-refractivity contribution in [2.45, 2.75) is 31.2 Å². The van der Waals surface area contributed by atoms with Crippen molar-refractivity contribution >= 4 is 45.1 Å². The van der Waals surface area contributed by atoms with Crippen LogP contribution in [0.1, 0.15) is 30.0 Å². The van der Waals surface area contributed by atoms with Gasteiger partial charge in [-0.15, -0.1) is 11.3 Å². The fourth-order valence-electron chi connectivity index (χ4n) is 4.44. The molecule has 0 radical (unpaired) electrons. The Morgan fingerprint density at radius 2 is 2.00 bits per heavy atom. The van der Waals surface area contributed by atoms with Crippen molar-refractivity contribution in [1.29, 1.82) is 5.41 Å². The predicted molar refractivity (Wildman–Crippen MR) is 141 cm³/mol. The Morgan fingerprint density at radius 3 is 2.56 bits per heavy atom. The molecule has 1 aromatic carbocycles. The zero-order valence-corrected chi connectivity index (χ0v) is 22.4. The second-order valence-electron chi connectivity index (χ2n) is 9.27. The van der Waals surface area contributed by atoms with Crippen molar-refractivity contribution in [1.82, 2.24) is 9.29 Å². The Balaban J connectivity index is 1.50. The molecule has 9 nitrogen and oxygen atoms in total. The topological polar surface area (TPSA) is 135 Å². The minimum absolute atomic E-state index is 0.0804. The van der Waals surface area contributed by atoms with Crippen molar-refractivity contribution in [3.05, 3.63) is 51.5 Å². The standard InChI is InChI=1S/C24H26ClN5O4S2/c1-4-17-19(14-5-7-15(8-6-14)24(10-26)11-33-12-24)34-21(28-17)18-9-16(25)20(35-18)23(2)13-36(31,32)30(3)22(27)29-23/h5-10,26H,4,11-13H2,1-3H3,(H2,27,29). The summed E-state index contributed by atoms with van der Waals surface area (Å²) in [5, 5.41) is 8.17. The molecule has 1 saturated heterocycles. The summed E-state index contributed by atoms with van der Waals surface area (Å²) in [7, 11) is -2.25. The molecule has 36 heavy (non-hydrogen) atoms. The van der Waals surface area contributed by atoms with Crippen molar-refractivity contribution in [3.8, 4) is 22.1 Å². The van der Waals surface area contributed by atoms with E-state index in [1.54, 1.807) is 13.0 Å². The SMILES string of the molecule is CCc1nc(-c2cc(Cl)c(C3(C)CS(=O)(=O)N(C)C(N)=N3)s2)oc1-c1ccc(C2(C=N)COC2)cc1. The molecule has 12 heteroatoms. The molecule has 0 aliphatic carbocycles. The van der Waals surface area contributed by atoms with Crippen LogP contribution in [0.3, 0.4) is 0 Å². The molecule has 0 bridgehead atoms. The molecule has 2 aromatic heterocycles. The number of oxazole rings is 1. The number of sulfonamides is 1. The van der Waals surface area contributed by atoms with E-state index in [2.05, 4.69) is 4.99 Å². The third kappa shape index (κ3) is 3.94. The van der Waals surface area contributed by atoms with E-state index in [1.165, 1.54) is 24.6 Å². The van der Waals surface area contributed by atoms with Gasteiger partial charge in [-0.1, -0.05) is 42.8 Å². The lowest BCUT2D eigenvalue weighted by Gasteiger charge is -2.38. The maximum absolute atomic E-state index is 12.6.